The topological polar surface area (TPSA) is 79.2 Å². The van der Waals surface area contributed by atoms with Crippen LogP contribution in [-0.4, -0.2) is 88.7 Å². The Morgan fingerprint density at radius 1 is 1.35 bits per heavy atom. The van der Waals surface area contributed by atoms with Crippen molar-refractivity contribution in [2.45, 2.75) is 44.1 Å². The van der Waals surface area contributed by atoms with Gasteiger partial charge in [0.2, 0.25) is 5.91 Å². The fourth-order valence-electron chi connectivity index (χ4n) is 4.28. The maximum Gasteiger partial charge on any atom is 0.219 e. The Hall–Kier alpha value is -1.45. The van der Waals surface area contributed by atoms with E-state index in [9.17, 15) is 9.90 Å². The molecule has 3 fully saturated rings. The molecule has 8 nitrogen and oxygen atoms in total. The first-order valence-electron chi connectivity index (χ1n) is 9.33. The second-order valence-electron chi connectivity index (χ2n) is 7.42. The number of aromatic nitrogens is 1. The molecule has 3 saturated heterocycles. The molecular weight excluding hydrogens is 336 g/mol. The van der Waals surface area contributed by atoms with Gasteiger partial charge in [0.05, 0.1) is 24.8 Å². The van der Waals surface area contributed by atoms with Gasteiger partial charge in [-0.05, 0) is 12.1 Å². The molecule has 1 aromatic rings. The molecule has 1 aromatic heterocycles. The van der Waals surface area contributed by atoms with Gasteiger partial charge in [0.1, 0.15) is 6.10 Å². The number of ether oxygens (including phenoxy) is 2. The summed E-state index contributed by atoms with van der Waals surface area (Å²) in [6.07, 6.45) is 0.902. The van der Waals surface area contributed by atoms with E-state index in [0.29, 0.717) is 26.2 Å². The van der Waals surface area contributed by atoms with Crippen LogP contribution in [0.1, 0.15) is 12.6 Å². The van der Waals surface area contributed by atoms with E-state index < -0.39 is 12.4 Å². The Labute approximate surface area is 153 Å². The number of aliphatic hydroxyl groups is 1. The number of hydrogen-bond acceptors (Lipinski definition) is 6. The summed E-state index contributed by atoms with van der Waals surface area (Å²) in [7, 11) is 2.01. The lowest BCUT2D eigenvalue weighted by atomic mass is 9.94. The number of amides is 1. The number of aryl methyl sites for hydroxylation is 1. The van der Waals surface area contributed by atoms with E-state index in [1.807, 2.05) is 24.2 Å². The number of carbonyl (C=O) groups excluding carboxylic acids is 1. The largest absolute Gasteiger partial charge is 0.390 e. The lowest BCUT2D eigenvalue weighted by Gasteiger charge is -2.46. The number of carbonyl (C=O) groups is 1. The number of piperazine rings is 1. The van der Waals surface area contributed by atoms with E-state index in [0.717, 1.165) is 18.8 Å². The summed E-state index contributed by atoms with van der Waals surface area (Å²) < 4.78 is 13.9. The molecule has 0 radical (unpaired) electrons. The highest BCUT2D eigenvalue weighted by molar-refractivity contribution is 5.73. The zero-order valence-electron chi connectivity index (χ0n) is 15.4. The van der Waals surface area contributed by atoms with E-state index in [4.69, 9.17) is 9.47 Å². The number of fused-ring (bicyclic) bond motifs is 2. The van der Waals surface area contributed by atoms with Crippen molar-refractivity contribution in [2.75, 3.05) is 32.8 Å². The maximum atomic E-state index is 11.5. The zero-order chi connectivity index (χ0) is 18.3. The van der Waals surface area contributed by atoms with E-state index in [1.165, 1.54) is 0 Å². The SMILES string of the molecule is CC(=O)N1CCN([C@@H]2[C@@H]3OC[C@H](O3)[C@@H](NCc3cccn3C)[C@@H]2O)CC1. The Bertz CT molecular complexity index is 643. The number of rotatable bonds is 4. The van der Waals surface area contributed by atoms with E-state index in [2.05, 4.69) is 20.9 Å². The van der Waals surface area contributed by atoms with Gasteiger partial charge in [-0.2, -0.15) is 0 Å². The third-order valence-electron chi connectivity index (χ3n) is 5.88. The molecule has 3 aliphatic rings. The van der Waals surface area contributed by atoms with Crippen molar-refractivity contribution >= 4 is 5.91 Å². The van der Waals surface area contributed by atoms with Crippen LogP contribution in [0.5, 0.6) is 0 Å². The fourth-order valence-corrected chi connectivity index (χ4v) is 4.28. The molecule has 2 N–H and O–H groups in total. The van der Waals surface area contributed by atoms with Gasteiger partial charge < -0.3 is 29.4 Å². The second-order valence-corrected chi connectivity index (χ2v) is 7.42. The smallest absolute Gasteiger partial charge is 0.219 e. The van der Waals surface area contributed by atoms with E-state index >= 15 is 0 Å². The minimum absolute atomic E-state index is 0.101. The Kier molecular flexibility index (Phi) is 5.02. The summed E-state index contributed by atoms with van der Waals surface area (Å²) in [6, 6.07) is 3.68. The monoisotopic (exact) mass is 364 g/mol. The normalized spacial score (nSPS) is 35.0. The van der Waals surface area contributed by atoms with Crippen molar-refractivity contribution in [1.82, 2.24) is 19.7 Å². The number of nitrogens with one attached hydrogen (secondary N) is 1. The van der Waals surface area contributed by atoms with Crippen LogP contribution in [0.3, 0.4) is 0 Å². The Morgan fingerprint density at radius 2 is 2.12 bits per heavy atom. The predicted octanol–water partition coefficient (Wildman–Crippen LogP) is -0.868. The summed E-state index contributed by atoms with van der Waals surface area (Å²) in [5.74, 6) is 0.101. The molecule has 2 bridgehead atoms. The third kappa shape index (κ3) is 3.27. The highest BCUT2D eigenvalue weighted by Gasteiger charge is 2.52. The number of hydrogen-bond donors (Lipinski definition) is 2. The molecule has 0 saturated carbocycles. The molecule has 1 amide bonds. The van der Waals surface area contributed by atoms with E-state index in [-0.39, 0.29) is 24.1 Å². The van der Waals surface area contributed by atoms with Gasteiger partial charge in [0.25, 0.3) is 0 Å². The van der Waals surface area contributed by atoms with E-state index in [1.54, 1.807) is 6.92 Å². The van der Waals surface area contributed by atoms with Gasteiger partial charge >= 0.3 is 0 Å². The molecule has 0 spiro atoms. The highest BCUT2D eigenvalue weighted by Crippen LogP contribution is 2.32. The lowest BCUT2D eigenvalue weighted by Crippen LogP contribution is -2.66. The van der Waals surface area contributed by atoms with Gasteiger partial charge in [-0.15, -0.1) is 0 Å². The molecule has 4 heterocycles. The molecule has 4 rings (SSSR count). The molecule has 8 heteroatoms. The molecule has 5 atom stereocenters. The summed E-state index contributed by atoms with van der Waals surface area (Å²) in [5, 5.41) is 14.6. The molecular formula is C18H28N4O4. The summed E-state index contributed by atoms with van der Waals surface area (Å²) in [5.41, 5.74) is 1.16. The fraction of sp³-hybridized carbons (Fsp3) is 0.722. The Balaban J connectivity index is 1.43. The first kappa shape index (κ1) is 17.9. The molecule has 0 unspecified atom stereocenters. The highest BCUT2D eigenvalue weighted by atomic mass is 16.7. The van der Waals surface area contributed by atoms with Crippen LogP contribution in [0.2, 0.25) is 0 Å². The average molecular weight is 364 g/mol. The van der Waals surface area contributed by atoms with Gasteiger partial charge in [-0.3, -0.25) is 9.69 Å². The molecule has 0 aromatic carbocycles. The van der Waals surface area contributed by atoms with Crippen LogP contribution in [0.25, 0.3) is 0 Å². The average Bonchev–Trinajstić information content (AvgIpc) is 3.23. The van der Waals surface area contributed by atoms with Crippen molar-refractivity contribution in [1.29, 1.82) is 0 Å². The molecule has 26 heavy (non-hydrogen) atoms. The zero-order valence-corrected chi connectivity index (χ0v) is 15.4. The first-order valence-corrected chi connectivity index (χ1v) is 9.33. The quantitative estimate of drug-likeness (QED) is 0.723. The number of aliphatic hydroxyl groups excluding tert-OH is 1. The van der Waals surface area contributed by atoms with Crippen molar-refractivity contribution in [3.8, 4) is 0 Å². The van der Waals surface area contributed by atoms with Crippen LogP contribution >= 0.6 is 0 Å². The maximum absolute atomic E-state index is 11.5. The van der Waals surface area contributed by atoms with Crippen molar-refractivity contribution in [3.05, 3.63) is 24.0 Å². The van der Waals surface area contributed by atoms with Gasteiger partial charge in [0, 0.05) is 58.6 Å². The van der Waals surface area contributed by atoms with Crippen LogP contribution < -0.4 is 5.32 Å². The van der Waals surface area contributed by atoms with Crippen LogP contribution in [0.15, 0.2) is 18.3 Å². The van der Waals surface area contributed by atoms with Crippen molar-refractivity contribution in [3.63, 3.8) is 0 Å². The minimum Gasteiger partial charge on any atom is -0.390 e. The second kappa shape index (κ2) is 7.28. The van der Waals surface area contributed by atoms with Gasteiger partial charge in [-0.25, -0.2) is 0 Å². The minimum atomic E-state index is -0.578. The van der Waals surface area contributed by atoms with Gasteiger partial charge in [-0.1, -0.05) is 0 Å². The van der Waals surface area contributed by atoms with Crippen molar-refractivity contribution in [2.24, 2.45) is 7.05 Å². The van der Waals surface area contributed by atoms with Gasteiger partial charge in [0.15, 0.2) is 6.29 Å². The molecule has 0 aliphatic carbocycles. The third-order valence-corrected chi connectivity index (χ3v) is 5.88. The van der Waals surface area contributed by atoms with Crippen LogP contribution in [-0.2, 0) is 27.9 Å². The molecule has 144 valence electrons. The number of nitrogens with zero attached hydrogens (tertiary/aromatic N) is 3. The van der Waals surface area contributed by atoms with Crippen LogP contribution in [0, 0.1) is 0 Å². The van der Waals surface area contributed by atoms with Crippen LogP contribution in [0.4, 0.5) is 0 Å². The summed E-state index contributed by atoms with van der Waals surface area (Å²) in [6.45, 7) is 5.56. The van der Waals surface area contributed by atoms with Crippen molar-refractivity contribution < 1.29 is 19.4 Å². The summed E-state index contributed by atoms with van der Waals surface area (Å²) in [4.78, 5) is 15.6. The predicted molar refractivity (Wildman–Crippen MR) is 94.3 cm³/mol. The standard InChI is InChI=1S/C18H28N4O4/c1-12(23)21-6-8-22(9-7-21)16-17(24)15(14-11-25-18(16)26-14)19-10-13-4-3-5-20(13)2/h3-5,14-19,24H,6-11H2,1-2H3/t14-,15+,16-,17-,18+/m0/s1. The Morgan fingerprint density at radius 3 is 2.77 bits per heavy atom. The summed E-state index contributed by atoms with van der Waals surface area (Å²) >= 11 is 0. The first-order chi connectivity index (χ1) is 12.5. The molecule has 3 aliphatic heterocycles. The lowest BCUT2D eigenvalue weighted by molar-refractivity contribution is -0.187.